The van der Waals surface area contributed by atoms with Crippen LogP contribution >= 0.6 is 0 Å². The molecule has 0 bridgehead atoms. The van der Waals surface area contributed by atoms with E-state index in [0.717, 1.165) is 45.6 Å². The number of rotatable bonds is 5. The van der Waals surface area contributed by atoms with Gasteiger partial charge in [0, 0.05) is 39.2 Å². The summed E-state index contributed by atoms with van der Waals surface area (Å²) in [6.45, 7) is 6.95. The summed E-state index contributed by atoms with van der Waals surface area (Å²) in [7, 11) is 0. The minimum absolute atomic E-state index is 0.269. The number of aliphatic hydroxyl groups excluding tert-OH is 1. The van der Waals surface area contributed by atoms with Crippen LogP contribution in [0.1, 0.15) is 26.2 Å². The second kappa shape index (κ2) is 6.80. The van der Waals surface area contributed by atoms with Crippen molar-refractivity contribution in [2.75, 3.05) is 39.3 Å². The molecule has 15 heavy (non-hydrogen) atoms. The van der Waals surface area contributed by atoms with E-state index >= 15 is 0 Å². The lowest BCUT2D eigenvalue weighted by Crippen LogP contribution is -2.48. The largest absolute Gasteiger partial charge is 0.396 e. The van der Waals surface area contributed by atoms with Crippen molar-refractivity contribution in [2.45, 2.75) is 26.2 Å². The van der Waals surface area contributed by atoms with Crippen LogP contribution in [0.5, 0.6) is 0 Å². The maximum absolute atomic E-state index is 11.4. The van der Waals surface area contributed by atoms with Gasteiger partial charge in [0.25, 0.3) is 0 Å². The number of aliphatic hydroxyl groups is 1. The van der Waals surface area contributed by atoms with Crippen molar-refractivity contribution in [1.29, 1.82) is 0 Å². The van der Waals surface area contributed by atoms with E-state index in [2.05, 4.69) is 4.90 Å². The number of carbonyl (C=O) groups excluding carboxylic acids is 1. The van der Waals surface area contributed by atoms with Crippen LogP contribution in [0.3, 0.4) is 0 Å². The Morgan fingerprint density at radius 3 is 2.40 bits per heavy atom. The Labute approximate surface area is 91.9 Å². The summed E-state index contributed by atoms with van der Waals surface area (Å²) in [5.74, 6) is 0.269. The fourth-order valence-electron chi connectivity index (χ4n) is 1.89. The Kier molecular flexibility index (Phi) is 5.65. The summed E-state index contributed by atoms with van der Waals surface area (Å²) in [4.78, 5) is 15.7. The first-order valence-electron chi connectivity index (χ1n) is 5.89. The molecule has 0 unspecified atom stereocenters. The average molecular weight is 214 g/mol. The van der Waals surface area contributed by atoms with E-state index in [1.54, 1.807) is 0 Å². The van der Waals surface area contributed by atoms with Crippen LogP contribution in [-0.2, 0) is 4.79 Å². The third-order valence-electron chi connectivity index (χ3n) is 2.91. The molecule has 1 amide bonds. The number of piperazine rings is 1. The molecule has 4 nitrogen and oxygen atoms in total. The Hall–Kier alpha value is -0.610. The molecule has 0 saturated carbocycles. The highest BCUT2D eigenvalue weighted by Crippen LogP contribution is 2.04. The van der Waals surface area contributed by atoms with Gasteiger partial charge in [-0.05, 0) is 19.4 Å². The molecule has 0 spiro atoms. The van der Waals surface area contributed by atoms with Gasteiger partial charge in [0.15, 0.2) is 0 Å². The van der Waals surface area contributed by atoms with E-state index < -0.39 is 0 Å². The summed E-state index contributed by atoms with van der Waals surface area (Å²) in [5, 5.41) is 8.67. The second-order valence-corrected chi connectivity index (χ2v) is 4.01. The van der Waals surface area contributed by atoms with Crippen molar-refractivity contribution in [3.8, 4) is 0 Å². The molecule has 0 aromatic heterocycles. The molecule has 1 rings (SSSR count). The quantitative estimate of drug-likeness (QED) is 0.670. The highest BCUT2D eigenvalue weighted by atomic mass is 16.2. The van der Waals surface area contributed by atoms with Crippen molar-refractivity contribution in [3.63, 3.8) is 0 Å². The van der Waals surface area contributed by atoms with Crippen molar-refractivity contribution in [2.24, 2.45) is 0 Å². The highest BCUT2D eigenvalue weighted by molar-refractivity contribution is 5.75. The maximum atomic E-state index is 11.4. The molecule has 1 saturated heterocycles. The molecular formula is C11H22N2O2. The first-order valence-corrected chi connectivity index (χ1v) is 5.89. The van der Waals surface area contributed by atoms with Gasteiger partial charge in [0.05, 0.1) is 0 Å². The van der Waals surface area contributed by atoms with Crippen LogP contribution in [0.15, 0.2) is 0 Å². The lowest BCUT2D eigenvalue weighted by Gasteiger charge is -2.34. The molecule has 0 aliphatic carbocycles. The van der Waals surface area contributed by atoms with E-state index in [1.165, 1.54) is 0 Å². The summed E-state index contributed by atoms with van der Waals surface area (Å²) in [5.41, 5.74) is 0. The average Bonchev–Trinajstić information content (AvgIpc) is 2.29. The minimum Gasteiger partial charge on any atom is -0.396 e. The van der Waals surface area contributed by atoms with Gasteiger partial charge in [-0.15, -0.1) is 0 Å². The first-order chi connectivity index (χ1) is 7.27. The number of amides is 1. The summed E-state index contributed by atoms with van der Waals surface area (Å²) in [6.07, 6.45) is 2.55. The molecule has 1 aliphatic heterocycles. The van der Waals surface area contributed by atoms with Crippen LogP contribution in [0.4, 0.5) is 0 Å². The van der Waals surface area contributed by atoms with Crippen LogP contribution in [0.25, 0.3) is 0 Å². The predicted octanol–water partition coefficient (Wildman–Crippen LogP) is 0.313. The van der Waals surface area contributed by atoms with E-state index in [1.807, 2.05) is 11.8 Å². The summed E-state index contributed by atoms with van der Waals surface area (Å²) >= 11 is 0. The van der Waals surface area contributed by atoms with Crippen LogP contribution < -0.4 is 0 Å². The zero-order valence-corrected chi connectivity index (χ0v) is 9.61. The number of nitrogens with zero attached hydrogens (tertiary/aromatic N) is 2. The Morgan fingerprint density at radius 2 is 1.87 bits per heavy atom. The molecule has 0 aromatic carbocycles. The van der Waals surface area contributed by atoms with Gasteiger partial charge in [-0.2, -0.15) is 0 Å². The Bertz CT molecular complexity index is 189. The SMILES string of the molecule is CCC(=O)N1CCN(CCCCO)CC1. The molecule has 0 aromatic rings. The fraction of sp³-hybridized carbons (Fsp3) is 0.909. The van der Waals surface area contributed by atoms with E-state index in [4.69, 9.17) is 5.11 Å². The molecule has 0 atom stereocenters. The minimum atomic E-state index is 0.269. The lowest BCUT2D eigenvalue weighted by atomic mass is 10.2. The second-order valence-electron chi connectivity index (χ2n) is 4.01. The van der Waals surface area contributed by atoms with Crippen LogP contribution in [0, 0.1) is 0 Å². The molecule has 0 radical (unpaired) electrons. The molecule has 1 aliphatic rings. The highest BCUT2D eigenvalue weighted by Gasteiger charge is 2.18. The molecule has 1 heterocycles. The smallest absolute Gasteiger partial charge is 0.222 e. The van der Waals surface area contributed by atoms with Gasteiger partial charge in [-0.25, -0.2) is 0 Å². The Balaban J connectivity index is 2.15. The Morgan fingerprint density at radius 1 is 1.20 bits per heavy atom. The normalized spacial score (nSPS) is 18.1. The molecule has 88 valence electrons. The van der Waals surface area contributed by atoms with Gasteiger partial charge in [-0.3, -0.25) is 9.69 Å². The summed E-state index contributed by atoms with van der Waals surface area (Å²) in [6, 6.07) is 0. The zero-order valence-electron chi connectivity index (χ0n) is 9.61. The lowest BCUT2D eigenvalue weighted by molar-refractivity contribution is -0.132. The number of hydrogen-bond donors (Lipinski definition) is 1. The zero-order chi connectivity index (χ0) is 11.1. The third-order valence-corrected chi connectivity index (χ3v) is 2.91. The number of carbonyl (C=O) groups is 1. The van der Waals surface area contributed by atoms with Crippen molar-refractivity contribution >= 4 is 5.91 Å². The number of hydrogen-bond acceptors (Lipinski definition) is 3. The molecule has 1 fully saturated rings. The van der Waals surface area contributed by atoms with Gasteiger partial charge >= 0.3 is 0 Å². The standard InChI is InChI=1S/C11H22N2O2/c1-2-11(15)13-8-6-12(7-9-13)5-3-4-10-14/h14H,2-10H2,1H3. The van der Waals surface area contributed by atoms with Crippen molar-refractivity contribution in [1.82, 2.24) is 9.80 Å². The summed E-state index contributed by atoms with van der Waals surface area (Å²) < 4.78 is 0. The van der Waals surface area contributed by atoms with Gasteiger partial charge in [-0.1, -0.05) is 6.92 Å². The van der Waals surface area contributed by atoms with Crippen LogP contribution in [0.2, 0.25) is 0 Å². The van der Waals surface area contributed by atoms with Crippen molar-refractivity contribution in [3.05, 3.63) is 0 Å². The molecular weight excluding hydrogens is 192 g/mol. The first kappa shape index (κ1) is 12.5. The topological polar surface area (TPSA) is 43.8 Å². The van der Waals surface area contributed by atoms with Crippen molar-refractivity contribution < 1.29 is 9.90 Å². The van der Waals surface area contributed by atoms with Crippen LogP contribution in [-0.4, -0.2) is 60.1 Å². The van der Waals surface area contributed by atoms with Gasteiger partial charge in [0.2, 0.25) is 5.91 Å². The predicted molar refractivity (Wildman–Crippen MR) is 59.6 cm³/mol. The third kappa shape index (κ3) is 4.18. The number of unbranched alkanes of at least 4 members (excludes halogenated alkanes) is 1. The van der Waals surface area contributed by atoms with E-state index in [-0.39, 0.29) is 12.5 Å². The molecule has 4 heteroatoms. The van der Waals surface area contributed by atoms with Gasteiger partial charge in [0.1, 0.15) is 0 Å². The fourth-order valence-corrected chi connectivity index (χ4v) is 1.89. The van der Waals surface area contributed by atoms with E-state index in [9.17, 15) is 4.79 Å². The maximum Gasteiger partial charge on any atom is 0.222 e. The monoisotopic (exact) mass is 214 g/mol. The molecule has 1 N–H and O–H groups in total. The van der Waals surface area contributed by atoms with E-state index in [0.29, 0.717) is 6.42 Å². The van der Waals surface area contributed by atoms with Gasteiger partial charge < -0.3 is 10.0 Å².